The van der Waals surface area contributed by atoms with Crippen LogP contribution in [0.15, 0.2) is 24.3 Å². The van der Waals surface area contributed by atoms with Crippen LogP contribution in [-0.4, -0.2) is 53.1 Å². The molecule has 3 rings (SSSR count). The van der Waals surface area contributed by atoms with E-state index >= 15 is 0 Å². The topological polar surface area (TPSA) is 43.8 Å². The van der Waals surface area contributed by atoms with Crippen molar-refractivity contribution in [3.63, 3.8) is 0 Å². The molecule has 0 saturated carbocycles. The molecular formula is C16H21FN2O2. The molecule has 1 aromatic carbocycles. The maximum absolute atomic E-state index is 13.4. The Bertz CT molecular complexity index is 523. The van der Waals surface area contributed by atoms with Gasteiger partial charge in [-0.15, -0.1) is 0 Å². The highest BCUT2D eigenvalue weighted by molar-refractivity contribution is 5.78. The van der Waals surface area contributed by atoms with Crippen molar-refractivity contribution in [3.05, 3.63) is 35.6 Å². The number of aliphatic hydroxyl groups excluding tert-OH is 1. The Morgan fingerprint density at radius 2 is 2.19 bits per heavy atom. The van der Waals surface area contributed by atoms with E-state index < -0.39 is 0 Å². The molecule has 0 bridgehead atoms. The average Bonchev–Trinajstić information content (AvgIpc) is 3.02. The molecule has 2 fully saturated rings. The third kappa shape index (κ3) is 3.24. The van der Waals surface area contributed by atoms with Crippen molar-refractivity contribution in [3.8, 4) is 0 Å². The fraction of sp³-hybridized carbons (Fsp3) is 0.562. The maximum atomic E-state index is 13.4. The first-order valence-corrected chi connectivity index (χ1v) is 7.59. The second kappa shape index (κ2) is 6.12. The van der Waals surface area contributed by atoms with Gasteiger partial charge in [0.1, 0.15) is 5.82 Å². The molecule has 0 radical (unpaired) electrons. The summed E-state index contributed by atoms with van der Waals surface area (Å²) in [6, 6.07) is 6.62. The van der Waals surface area contributed by atoms with Crippen LogP contribution in [-0.2, 0) is 4.79 Å². The van der Waals surface area contributed by atoms with Crippen molar-refractivity contribution in [2.75, 3.05) is 26.2 Å². The van der Waals surface area contributed by atoms with Gasteiger partial charge in [-0.2, -0.15) is 0 Å². The van der Waals surface area contributed by atoms with Crippen molar-refractivity contribution in [1.29, 1.82) is 0 Å². The summed E-state index contributed by atoms with van der Waals surface area (Å²) in [5, 5.41) is 9.93. The van der Waals surface area contributed by atoms with E-state index in [-0.39, 0.29) is 23.9 Å². The van der Waals surface area contributed by atoms with Gasteiger partial charge < -0.3 is 10.0 Å². The second-order valence-electron chi connectivity index (χ2n) is 5.94. The van der Waals surface area contributed by atoms with Crippen LogP contribution in [0.1, 0.15) is 30.9 Å². The molecule has 2 unspecified atom stereocenters. The summed E-state index contributed by atoms with van der Waals surface area (Å²) in [6.45, 7) is 2.84. The van der Waals surface area contributed by atoms with E-state index in [1.165, 1.54) is 12.1 Å². The van der Waals surface area contributed by atoms with Crippen LogP contribution in [0.25, 0.3) is 0 Å². The van der Waals surface area contributed by atoms with E-state index in [9.17, 15) is 14.3 Å². The van der Waals surface area contributed by atoms with Crippen molar-refractivity contribution in [2.24, 2.45) is 0 Å². The molecule has 0 spiro atoms. The van der Waals surface area contributed by atoms with Gasteiger partial charge in [-0.1, -0.05) is 12.1 Å². The SMILES string of the molecule is O=C1CCCN1CCN1CC(O)CC1c1cccc(F)c1. The van der Waals surface area contributed by atoms with E-state index in [1.807, 2.05) is 11.0 Å². The van der Waals surface area contributed by atoms with Crippen LogP contribution >= 0.6 is 0 Å². The van der Waals surface area contributed by atoms with Gasteiger partial charge in [0.25, 0.3) is 0 Å². The molecule has 2 aliphatic rings. The zero-order valence-corrected chi connectivity index (χ0v) is 12.0. The third-order valence-corrected chi connectivity index (χ3v) is 4.44. The van der Waals surface area contributed by atoms with Crippen LogP contribution in [0.4, 0.5) is 4.39 Å². The second-order valence-corrected chi connectivity index (χ2v) is 5.94. The third-order valence-electron chi connectivity index (χ3n) is 4.44. The highest BCUT2D eigenvalue weighted by atomic mass is 19.1. The molecule has 2 atom stereocenters. The van der Waals surface area contributed by atoms with Crippen molar-refractivity contribution >= 4 is 5.91 Å². The number of amides is 1. The van der Waals surface area contributed by atoms with E-state index in [2.05, 4.69) is 4.90 Å². The van der Waals surface area contributed by atoms with Gasteiger partial charge in [-0.25, -0.2) is 4.39 Å². The standard InChI is InChI=1S/C16H21FN2O2/c17-13-4-1-3-12(9-13)15-10-14(20)11-19(15)8-7-18-6-2-5-16(18)21/h1,3-4,9,14-15,20H,2,5-8,10-11H2. The highest BCUT2D eigenvalue weighted by Crippen LogP contribution is 2.32. The smallest absolute Gasteiger partial charge is 0.222 e. The fourth-order valence-electron chi connectivity index (χ4n) is 3.38. The highest BCUT2D eigenvalue weighted by Gasteiger charge is 2.32. The van der Waals surface area contributed by atoms with Gasteiger partial charge >= 0.3 is 0 Å². The molecule has 0 aromatic heterocycles. The molecule has 1 aromatic rings. The summed E-state index contributed by atoms with van der Waals surface area (Å²) < 4.78 is 13.4. The van der Waals surface area contributed by atoms with Gasteiger partial charge in [-0.3, -0.25) is 9.69 Å². The Hall–Kier alpha value is -1.46. The van der Waals surface area contributed by atoms with Crippen LogP contribution in [0.3, 0.4) is 0 Å². The lowest BCUT2D eigenvalue weighted by Crippen LogP contribution is -2.36. The number of rotatable bonds is 4. The molecule has 2 heterocycles. The largest absolute Gasteiger partial charge is 0.392 e. The van der Waals surface area contributed by atoms with Crippen molar-refractivity contribution in [2.45, 2.75) is 31.4 Å². The minimum Gasteiger partial charge on any atom is -0.392 e. The molecule has 2 aliphatic heterocycles. The van der Waals surface area contributed by atoms with E-state index in [0.29, 0.717) is 25.9 Å². The Labute approximate surface area is 124 Å². The van der Waals surface area contributed by atoms with E-state index in [4.69, 9.17) is 0 Å². The monoisotopic (exact) mass is 292 g/mol. The van der Waals surface area contributed by atoms with Gasteiger partial charge in [0.2, 0.25) is 5.91 Å². The number of carbonyl (C=O) groups is 1. The quantitative estimate of drug-likeness (QED) is 0.916. The Kier molecular flexibility index (Phi) is 4.22. The van der Waals surface area contributed by atoms with Crippen LogP contribution in [0.2, 0.25) is 0 Å². The Morgan fingerprint density at radius 1 is 1.33 bits per heavy atom. The molecule has 2 saturated heterocycles. The molecule has 5 heteroatoms. The summed E-state index contributed by atoms with van der Waals surface area (Å²) in [5.74, 6) is -0.0272. The zero-order valence-electron chi connectivity index (χ0n) is 12.0. The summed E-state index contributed by atoms with van der Waals surface area (Å²) in [5.41, 5.74) is 0.902. The minimum atomic E-state index is -0.382. The average molecular weight is 292 g/mol. The number of hydrogen-bond acceptors (Lipinski definition) is 3. The predicted molar refractivity (Wildman–Crippen MR) is 77.2 cm³/mol. The lowest BCUT2D eigenvalue weighted by atomic mass is 10.0. The van der Waals surface area contributed by atoms with E-state index in [1.54, 1.807) is 6.07 Å². The van der Waals surface area contributed by atoms with Gasteiger partial charge in [0.15, 0.2) is 0 Å². The number of benzene rings is 1. The van der Waals surface area contributed by atoms with Gasteiger partial charge in [0, 0.05) is 38.6 Å². The van der Waals surface area contributed by atoms with E-state index in [0.717, 1.165) is 25.1 Å². The van der Waals surface area contributed by atoms with Crippen LogP contribution in [0, 0.1) is 5.82 Å². The number of likely N-dealkylation sites (tertiary alicyclic amines) is 2. The molecule has 1 N–H and O–H groups in total. The van der Waals surface area contributed by atoms with Gasteiger partial charge in [-0.05, 0) is 30.5 Å². The molecule has 114 valence electrons. The first kappa shape index (κ1) is 14.5. The number of β-amino-alcohol motifs (C(OH)–C–C–N with tert-alkyl or cyclic N) is 1. The number of carbonyl (C=O) groups excluding carboxylic acids is 1. The summed E-state index contributed by atoms with van der Waals surface area (Å²) in [6.07, 6.45) is 1.83. The fourth-order valence-corrected chi connectivity index (χ4v) is 3.38. The zero-order chi connectivity index (χ0) is 14.8. The summed E-state index contributed by atoms with van der Waals surface area (Å²) in [4.78, 5) is 15.7. The molecular weight excluding hydrogens is 271 g/mol. The number of hydrogen-bond donors (Lipinski definition) is 1. The Morgan fingerprint density at radius 3 is 2.90 bits per heavy atom. The number of nitrogens with zero attached hydrogens (tertiary/aromatic N) is 2. The maximum Gasteiger partial charge on any atom is 0.222 e. The predicted octanol–water partition coefficient (Wildman–Crippen LogP) is 1.56. The van der Waals surface area contributed by atoms with Gasteiger partial charge in [0.05, 0.1) is 6.10 Å². The molecule has 21 heavy (non-hydrogen) atoms. The van der Waals surface area contributed by atoms with Crippen LogP contribution in [0.5, 0.6) is 0 Å². The minimum absolute atomic E-state index is 0.0356. The van der Waals surface area contributed by atoms with Crippen molar-refractivity contribution in [1.82, 2.24) is 9.80 Å². The Balaban J connectivity index is 1.66. The number of aliphatic hydroxyl groups is 1. The number of halogens is 1. The first-order valence-electron chi connectivity index (χ1n) is 7.59. The van der Waals surface area contributed by atoms with Crippen LogP contribution < -0.4 is 0 Å². The molecule has 1 amide bonds. The summed E-state index contributed by atoms with van der Waals surface area (Å²) >= 11 is 0. The summed E-state index contributed by atoms with van der Waals surface area (Å²) in [7, 11) is 0. The van der Waals surface area contributed by atoms with Crippen molar-refractivity contribution < 1.29 is 14.3 Å². The normalized spacial score (nSPS) is 26.8. The molecule has 4 nitrogen and oxygen atoms in total. The first-order chi connectivity index (χ1) is 10.1. The lowest BCUT2D eigenvalue weighted by molar-refractivity contribution is -0.127. The lowest BCUT2D eigenvalue weighted by Gasteiger charge is -2.27. The molecule has 0 aliphatic carbocycles.